The number of aliphatic hydroxyl groups excluding tert-OH is 1. The normalized spacial score (nSPS) is 11.5. The van der Waals surface area contributed by atoms with E-state index in [9.17, 15) is 9.59 Å². The summed E-state index contributed by atoms with van der Waals surface area (Å²) >= 11 is 0. The molecule has 0 aliphatic rings. The van der Waals surface area contributed by atoms with E-state index in [-0.39, 0.29) is 0 Å². The van der Waals surface area contributed by atoms with Gasteiger partial charge in [0.25, 0.3) is 0 Å². The highest BCUT2D eigenvalue weighted by molar-refractivity contribution is 5.90. The monoisotopic (exact) mass is 189 g/mol. The van der Waals surface area contributed by atoms with Crippen molar-refractivity contribution >= 4 is 11.9 Å². The fraction of sp³-hybridized carbons (Fsp3) is 0.429. The maximum Gasteiger partial charge on any atom is 0.358 e. The zero-order valence-electron chi connectivity index (χ0n) is 7.15. The summed E-state index contributed by atoms with van der Waals surface area (Å²) in [6.45, 7) is 2.42. The molecule has 0 bridgehead atoms. The first kappa shape index (κ1) is 11.6. The molecule has 2 N–H and O–H groups in total. The molecule has 1 atom stereocenters. The van der Waals surface area contributed by atoms with Crippen molar-refractivity contribution in [3.63, 3.8) is 0 Å². The van der Waals surface area contributed by atoms with Crippen LogP contribution in [0.1, 0.15) is 0 Å². The standard InChI is InChI=1S/C7H11NO5/c1-3-5(10)8-6(12-2)7(11)13-4-9/h3,6,9H,1,4H2,2H3,(H,8,10). The Morgan fingerprint density at radius 3 is 2.69 bits per heavy atom. The van der Waals surface area contributed by atoms with E-state index >= 15 is 0 Å². The van der Waals surface area contributed by atoms with Gasteiger partial charge in [0, 0.05) is 7.11 Å². The molecule has 0 aromatic carbocycles. The van der Waals surface area contributed by atoms with Gasteiger partial charge in [-0.2, -0.15) is 0 Å². The zero-order chi connectivity index (χ0) is 10.3. The highest BCUT2D eigenvalue weighted by Crippen LogP contribution is 1.89. The van der Waals surface area contributed by atoms with Crippen LogP contribution in [0, 0.1) is 0 Å². The first-order chi connectivity index (χ1) is 6.15. The molecule has 6 heteroatoms. The molecule has 0 fully saturated rings. The SMILES string of the molecule is C=CC(=O)NC(OC)C(=O)OCO. The number of rotatable bonds is 5. The molecular formula is C7H11NO5. The Hall–Kier alpha value is -1.40. The third kappa shape index (κ3) is 4.24. The number of amides is 1. The summed E-state index contributed by atoms with van der Waals surface area (Å²) in [6, 6.07) is 0. The van der Waals surface area contributed by atoms with Crippen LogP contribution < -0.4 is 5.32 Å². The van der Waals surface area contributed by atoms with Gasteiger partial charge < -0.3 is 19.9 Å². The van der Waals surface area contributed by atoms with Crippen LogP contribution in [0.5, 0.6) is 0 Å². The van der Waals surface area contributed by atoms with Crippen LogP contribution >= 0.6 is 0 Å². The molecule has 1 unspecified atom stereocenters. The van der Waals surface area contributed by atoms with Crippen LogP contribution in [0.2, 0.25) is 0 Å². The van der Waals surface area contributed by atoms with E-state index in [0.717, 1.165) is 6.08 Å². The lowest BCUT2D eigenvalue weighted by Crippen LogP contribution is -2.42. The van der Waals surface area contributed by atoms with E-state index < -0.39 is 24.9 Å². The van der Waals surface area contributed by atoms with E-state index in [2.05, 4.69) is 21.4 Å². The molecule has 0 spiro atoms. The van der Waals surface area contributed by atoms with Crippen molar-refractivity contribution in [1.82, 2.24) is 5.32 Å². The topological polar surface area (TPSA) is 84.9 Å². The number of aliphatic hydroxyl groups is 1. The van der Waals surface area contributed by atoms with Gasteiger partial charge >= 0.3 is 5.97 Å². The third-order valence-electron chi connectivity index (χ3n) is 1.12. The summed E-state index contributed by atoms with van der Waals surface area (Å²) in [7, 11) is 1.21. The smallest absolute Gasteiger partial charge is 0.358 e. The summed E-state index contributed by atoms with van der Waals surface area (Å²) < 4.78 is 8.75. The van der Waals surface area contributed by atoms with Crippen molar-refractivity contribution in [2.45, 2.75) is 6.23 Å². The molecule has 0 aliphatic carbocycles. The molecule has 1 amide bonds. The summed E-state index contributed by atoms with van der Waals surface area (Å²) in [5.41, 5.74) is 0. The minimum atomic E-state index is -1.22. The predicted octanol–water partition coefficient (Wildman–Crippen LogP) is -1.25. The quantitative estimate of drug-likeness (QED) is 0.321. The Morgan fingerprint density at radius 1 is 1.69 bits per heavy atom. The second-order valence-electron chi connectivity index (χ2n) is 1.92. The van der Waals surface area contributed by atoms with Gasteiger partial charge in [0.05, 0.1) is 0 Å². The van der Waals surface area contributed by atoms with Gasteiger partial charge in [-0.15, -0.1) is 0 Å². The Kier molecular flexibility index (Phi) is 5.49. The van der Waals surface area contributed by atoms with E-state index in [1.165, 1.54) is 7.11 Å². The lowest BCUT2D eigenvalue weighted by atomic mass is 10.5. The van der Waals surface area contributed by atoms with Crippen LogP contribution in [-0.4, -0.2) is 37.1 Å². The minimum absolute atomic E-state index is 0.568. The van der Waals surface area contributed by atoms with Gasteiger partial charge in [-0.25, -0.2) is 4.79 Å². The van der Waals surface area contributed by atoms with Gasteiger partial charge in [0.15, 0.2) is 6.79 Å². The number of methoxy groups -OCH3 is 1. The zero-order valence-corrected chi connectivity index (χ0v) is 7.15. The molecule has 6 nitrogen and oxygen atoms in total. The van der Waals surface area contributed by atoms with Crippen molar-refractivity contribution in [2.24, 2.45) is 0 Å². The van der Waals surface area contributed by atoms with Crippen molar-refractivity contribution in [1.29, 1.82) is 0 Å². The van der Waals surface area contributed by atoms with Gasteiger partial charge in [0.1, 0.15) is 0 Å². The summed E-state index contributed by atoms with van der Waals surface area (Å²) in [5, 5.41) is 10.4. The molecule has 0 radical (unpaired) electrons. The van der Waals surface area contributed by atoms with Crippen LogP contribution in [0.3, 0.4) is 0 Å². The Morgan fingerprint density at radius 2 is 2.31 bits per heavy atom. The van der Waals surface area contributed by atoms with Gasteiger partial charge in [-0.3, -0.25) is 4.79 Å². The molecule has 0 aromatic heterocycles. The lowest BCUT2D eigenvalue weighted by molar-refractivity contribution is -0.166. The number of hydrogen-bond donors (Lipinski definition) is 2. The minimum Gasteiger partial charge on any atom is -0.435 e. The number of carbonyl (C=O) groups is 2. The third-order valence-corrected chi connectivity index (χ3v) is 1.12. The second kappa shape index (κ2) is 6.15. The van der Waals surface area contributed by atoms with Crippen molar-refractivity contribution in [2.75, 3.05) is 13.9 Å². The van der Waals surface area contributed by atoms with E-state index in [1.807, 2.05) is 0 Å². The number of carbonyl (C=O) groups excluding carboxylic acids is 2. The van der Waals surface area contributed by atoms with E-state index in [1.54, 1.807) is 0 Å². The van der Waals surface area contributed by atoms with E-state index in [4.69, 9.17) is 5.11 Å². The molecule has 0 heterocycles. The fourth-order valence-electron chi connectivity index (χ4n) is 0.542. The largest absolute Gasteiger partial charge is 0.435 e. The van der Waals surface area contributed by atoms with Crippen molar-refractivity contribution in [3.05, 3.63) is 12.7 Å². The molecule has 0 rings (SSSR count). The molecule has 0 aromatic rings. The van der Waals surface area contributed by atoms with Crippen LogP contribution in [-0.2, 0) is 19.1 Å². The van der Waals surface area contributed by atoms with Crippen molar-refractivity contribution in [3.8, 4) is 0 Å². The van der Waals surface area contributed by atoms with Crippen LogP contribution in [0.25, 0.3) is 0 Å². The summed E-state index contributed by atoms with van der Waals surface area (Å²) in [5.74, 6) is -1.44. The first-order valence-electron chi connectivity index (χ1n) is 3.39. The maximum absolute atomic E-state index is 10.9. The molecule has 0 saturated heterocycles. The van der Waals surface area contributed by atoms with Gasteiger partial charge in [0.2, 0.25) is 12.1 Å². The number of nitrogens with one attached hydrogen (secondary N) is 1. The van der Waals surface area contributed by atoms with Crippen LogP contribution in [0.15, 0.2) is 12.7 Å². The Balaban J connectivity index is 4.08. The highest BCUT2D eigenvalue weighted by Gasteiger charge is 2.19. The van der Waals surface area contributed by atoms with Gasteiger partial charge in [-0.05, 0) is 6.08 Å². The molecule has 0 aliphatic heterocycles. The molecule has 74 valence electrons. The summed E-state index contributed by atoms with van der Waals surface area (Å²) in [6.07, 6.45) is -0.240. The Bertz CT molecular complexity index is 203. The van der Waals surface area contributed by atoms with E-state index in [0.29, 0.717) is 0 Å². The molecular weight excluding hydrogens is 178 g/mol. The van der Waals surface area contributed by atoms with Crippen molar-refractivity contribution < 1.29 is 24.2 Å². The number of ether oxygens (including phenoxy) is 2. The fourth-order valence-corrected chi connectivity index (χ4v) is 0.542. The van der Waals surface area contributed by atoms with Crippen LogP contribution in [0.4, 0.5) is 0 Å². The number of esters is 1. The van der Waals surface area contributed by atoms with Gasteiger partial charge in [-0.1, -0.05) is 6.58 Å². The highest BCUT2D eigenvalue weighted by atomic mass is 16.6. The first-order valence-corrected chi connectivity index (χ1v) is 3.39. The second-order valence-corrected chi connectivity index (χ2v) is 1.92. The average Bonchev–Trinajstić information content (AvgIpc) is 2.14. The molecule has 0 saturated carbocycles. The lowest BCUT2D eigenvalue weighted by Gasteiger charge is -2.13. The Labute approximate surface area is 75.1 Å². The number of hydrogen-bond acceptors (Lipinski definition) is 5. The average molecular weight is 189 g/mol. The molecule has 13 heavy (non-hydrogen) atoms. The summed E-state index contributed by atoms with van der Waals surface area (Å²) in [4.78, 5) is 21.6. The predicted molar refractivity (Wildman–Crippen MR) is 42.3 cm³/mol. The maximum atomic E-state index is 10.9.